The van der Waals surface area contributed by atoms with Gasteiger partial charge < -0.3 is 42.6 Å². The summed E-state index contributed by atoms with van der Waals surface area (Å²) in [7, 11) is 0. The van der Waals surface area contributed by atoms with E-state index in [1.807, 2.05) is 24.3 Å². The van der Waals surface area contributed by atoms with Gasteiger partial charge in [-0.15, -0.1) is 0 Å². The minimum atomic E-state index is -1.21. The van der Waals surface area contributed by atoms with E-state index in [4.69, 9.17) is 16.6 Å². The molecule has 0 aliphatic rings. The maximum atomic E-state index is 13.3. The van der Waals surface area contributed by atoms with Crippen molar-refractivity contribution in [1.29, 1.82) is 0 Å². The number of aliphatic carboxylic acids is 2. The summed E-state index contributed by atoms with van der Waals surface area (Å²) >= 11 is 4.12. The summed E-state index contributed by atoms with van der Waals surface area (Å²) < 4.78 is 0. The number of para-hydroxylation sites is 1. The number of carboxylic acid groups (broad SMARTS) is 2. The number of carbonyl (C=O) groups excluding carboxylic acids is 3. The van der Waals surface area contributed by atoms with Crippen LogP contribution < -0.4 is 27.4 Å². The van der Waals surface area contributed by atoms with Crippen molar-refractivity contribution < 1.29 is 34.2 Å². The van der Waals surface area contributed by atoms with E-state index < -0.39 is 53.8 Å². The summed E-state index contributed by atoms with van der Waals surface area (Å²) in [5.74, 6) is -4.66. The highest BCUT2D eigenvalue weighted by molar-refractivity contribution is 7.80. The standard InChI is InChI=1S/C25H36N6O7S/c26-10-4-3-7-18(25(37)38)29-23(35)19(11-14-12-28-17-6-2-1-5-15(14)17)30-24(36)20(13-39)31-22(34)16(27)8-9-21(32)33/h1-2,5-6,12,16,18-20,28,39H,3-4,7-11,13,26-27H2,(H,29,35)(H,30,36)(H,31,34)(H,32,33)(H,37,38). The zero-order valence-electron chi connectivity index (χ0n) is 21.4. The van der Waals surface area contributed by atoms with Crippen LogP contribution in [-0.4, -0.2) is 81.3 Å². The maximum absolute atomic E-state index is 13.3. The third-order valence-corrected chi connectivity index (χ3v) is 6.48. The van der Waals surface area contributed by atoms with E-state index in [9.17, 15) is 29.1 Å². The lowest BCUT2D eigenvalue weighted by molar-refractivity contribution is -0.142. The van der Waals surface area contributed by atoms with Crippen LogP contribution in [0.15, 0.2) is 30.5 Å². The highest BCUT2D eigenvalue weighted by Gasteiger charge is 2.30. The van der Waals surface area contributed by atoms with Gasteiger partial charge in [0.25, 0.3) is 0 Å². The SMILES string of the molecule is NCCCCC(NC(=O)C(Cc1c[nH]c2ccccc12)NC(=O)C(CS)NC(=O)C(N)CCC(=O)O)C(=O)O. The predicted octanol–water partition coefficient (Wildman–Crippen LogP) is -0.500. The number of nitrogens with one attached hydrogen (secondary N) is 4. The van der Waals surface area contributed by atoms with Gasteiger partial charge in [-0.1, -0.05) is 18.2 Å². The number of aromatic nitrogens is 1. The summed E-state index contributed by atoms with van der Waals surface area (Å²) in [6, 6.07) is 2.65. The smallest absolute Gasteiger partial charge is 0.326 e. The number of thiol groups is 1. The van der Waals surface area contributed by atoms with Crippen LogP contribution in [-0.2, 0) is 30.4 Å². The highest BCUT2D eigenvalue weighted by atomic mass is 32.1. The van der Waals surface area contributed by atoms with E-state index in [0.717, 1.165) is 10.9 Å². The lowest BCUT2D eigenvalue weighted by Crippen LogP contribution is -2.58. The molecule has 3 amide bonds. The number of hydrogen-bond acceptors (Lipinski definition) is 8. The lowest BCUT2D eigenvalue weighted by atomic mass is 10.0. The molecule has 1 heterocycles. The molecule has 0 saturated carbocycles. The van der Waals surface area contributed by atoms with Crippen molar-refractivity contribution in [2.75, 3.05) is 12.3 Å². The van der Waals surface area contributed by atoms with Gasteiger partial charge in [-0.2, -0.15) is 12.6 Å². The molecule has 0 aliphatic heterocycles. The fourth-order valence-electron chi connectivity index (χ4n) is 3.91. The van der Waals surface area contributed by atoms with E-state index in [0.29, 0.717) is 24.9 Å². The second-order valence-electron chi connectivity index (χ2n) is 9.09. The molecule has 1 aromatic carbocycles. The normalized spacial score (nSPS) is 14.1. The molecule has 4 atom stereocenters. The van der Waals surface area contributed by atoms with E-state index >= 15 is 0 Å². The van der Waals surface area contributed by atoms with Crippen LogP contribution in [0.5, 0.6) is 0 Å². The van der Waals surface area contributed by atoms with Gasteiger partial charge in [-0.3, -0.25) is 19.2 Å². The van der Waals surface area contributed by atoms with Crippen LogP contribution in [0.2, 0.25) is 0 Å². The highest BCUT2D eigenvalue weighted by Crippen LogP contribution is 2.19. The topological polar surface area (TPSA) is 230 Å². The van der Waals surface area contributed by atoms with E-state index in [1.165, 1.54) is 0 Å². The summed E-state index contributed by atoms with van der Waals surface area (Å²) in [6.45, 7) is 0.385. The largest absolute Gasteiger partial charge is 0.481 e. The number of fused-ring (bicyclic) bond motifs is 1. The van der Waals surface area contributed by atoms with Crippen molar-refractivity contribution in [1.82, 2.24) is 20.9 Å². The predicted molar refractivity (Wildman–Crippen MR) is 147 cm³/mol. The Morgan fingerprint density at radius 2 is 1.54 bits per heavy atom. The van der Waals surface area contributed by atoms with Gasteiger partial charge in [-0.05, 0) is 43.9 Å². The first-order valence-electron chi connectivity index (χ1n) is 12.5. The van der Waals surface area contributed by atoms with Gasteiger partial charge >= 0.3 is 11.9 Å². The average Bonchev–Trinajstić information content (AvgIpc) is 3.31. The molecular formula is C25H36N6O7S. The zero-order valence-corrected chi connectivity index (χ0v) is 22.3. The van der Waals surface area contributed by atoms with Gasteiger partial charge in [0, 0.05) is 35.7 Å². The molecule has 14 heteroatoms. The molecule has 2 rings (SSSR count). The van der Waals surface area contributed by atoms with E-state index in [2.05, 4.69) is 33.6 Å². The van der Waals surface area contributed by atoms with Gasteiger partial charge in [0.2, 0.25) is 17.7 Å². The minimum absolute atomic E-state index is 0.0299. The van der Waals surface area contributed by atoms with Crippen LogP contribution in [0.25, 0.3) is 10.9 Å². The van der Waals surface area contributed by atoms with Crippen molar-refractivity contribution in [2.45, 2.75) is 62.7 Å². The molecule has 0 fully saturated rings. The van der Waals surface area contributed by atoms with Crippen molar-refractivity contribution in [3.63, 3.8) is 0 Å². The fraction of sp³-hybridized carbons (Fsp3) is 0.480. The van der Waals surface area contributed by atoms with Gasteiger partial charge in [-0.25, -0.2) is 4.79 Å². The van der Waals surface area contributed by atoms with Crippen molar-refractivity contribution in [2.24, 2.45) is 11.5 Å². The number of carboxylic acids is 2. The minimum Gasteiger partial charge on any atom is -0.481 e. The Bertz CT molecular complexity index is 1160. The molecule has 214 valence electrons. The van der Waals surface area contributed by atoms with Crippen LogP contribution in [0.3, 0.4) is 0 Å². The van der Waals surface area contributed by atoms with Crippen molar-refractivity contribution in [3.05, 3.63) is 36.0 Å². The second-order valence-corrected chi connectivity index (χ2v) is 9.46. The fourth-order valence-corrected chi connectivity index (χ4v) is 4.16. The molecule has 0 bridgehead atoms. The molecule has 0 aliphatic carbocycles. The summed E-state index contributed by atoms with van der Waals surface area (Å²) in [6.07, 6.45) is 2.52. The molecule has 1 aromatic heterocycles. The molecule has 10 N–H and O–H groups in total. The Hall–Kier alpha value is -3.62. The first kappa shape index (κ1) is 31.6. The number of H-pyrrole nitrogens is 1. The number of amides is 3. The molecule has 0 radical (unpaired) electrons. The Morgan fingerprint density at radius 1 is 0.897 bits per heavy atom. The number of rotatable bonds is 17. The van der Waals surface area contributed by atoms with Crippen LogP contribution in [0.1, 0.15) is 37.7 Å². The summed E-state index contributed by atoms with van der Waals surface area (Å²) in [4.78, 5) is 64.4. The number of aromatic amines is 1. The van der Waals surface area contributed by atoms with E-state index in [-0.39, 0.29) is 31.4 Å². The Morgan fingerprint density at radius 3 is 2.18 bits per heavy atom. The third kappa shape index (κ3) is 9.89. The number of nitrogens with two attached hydrogens (primary N) is 2. The summed E-state index contributed by atoms with van der Waals surface area (Å²) in [5.41, 5.74) is 12.7. The number of hydrogen-bond donors (Lipinski definition) is 9. The summed E-state index contributed by atoms with van der Waals surface area (Å²) in [5, 5.41) is 26.7. The Labute approximate surface area is 230 Å². The average molecular weight is 565 g/mol. The molecule has 0 saturated heterocycles. The van der Waals surface area contributed by atoms with Gasteiger partial charge in [0.15, 0.2) is 0 Å². The van der Waals surface area contributed by atoms with Gasteiger partial charge in [0.05, 0.1) is 6.04 Å². The molecule has 0 spiro atoms. The zero-order chi connectivity index (χ0) is 28.9. The van der Waals surface area contributed by atoms with Crippen LogP contribution >= 0.6 is 12.6 Å². The quantitative estimate of drug-likeness (QED) is 0.0889. The third-order valence-electron chi connectivity index (χ3n) is 6.11. The van der Waals surface area contributed by atoms with Crippen molar-refractivity contribution in [3.8, 4) is 0 Å². The second kappa shape index (κ2) is 15.7. The van der Waals surface area contributed by atoms with Gasteiger partial charge in [0.1, 0.15) is 18.1 Å². The Kier molecular flexibility index (Phi) is 12.7. The van der Waals surface area contributed by atoms with Crippen LogP contribution in [0.4, 0.5) is 0 Å². The Balaban J connectivity index is 2.21. The number of unbranched alkanes of at least 4 members (excludes halogenated alkanes) is 1. The first-order valence-corrected chi connectivity index (χ1v) is 13.2. The van der Waals surface area contributed by atoms with Crippen molar-refractivity contribution >= 4 is 53.2 Å². The monoisotopic (exact) mass is 564 g/mol. The molecule has 39 heavy (non-hydrogen) atoms. The number of carbonyl (C=O) groups is 5. The maximum Gasteiger partial charge on any atom is 0.326 e. The van der Waals surface area contributed by atoms with Crippen LogP contribution in [0, 0.1) is 0 Å². The molecule has 4 unspecified atom stereocenters. The number of benzene rings is 1. The van der Waals surface area contributed by atoms with E-state index in [1.54, 1.807) is 6.20 Å². The first-order chi connectivity index (χ1) is 18.6. The molecular weight excluding hydrogens is 528 g/mol. The molecule has 13 nitrogen and oxygen atoms in total. The lowest BCUT2D eigenvalue weighted by Gasteiger charge is -2.24. The molecule has 2 aromatic rings.